The first-order valence-corrected chi connectivity index (χ1v) is 4.75. The number of hydrogen-bond donors (Lipinski definition) is 2. The summed E-state index contributed by atoms with van der Waals surface area (Å²) in [5.41, 5.74) is 6.03. The van der Waals surface area contributed by atoms with Crippen molar-refractivity contribution in [2.75, 3.05) is 5.73 Å². The molecular formula is C9H10BrNO3. The number of hydrogen-bond acceptors (Lipinski definition) is 3. The number of halogens is 1. The summed E-state index contributed by atoms with van der Waals surface area (Å²) in [6.45, 7) is 1.45. The summed E-state index contributed by atoms with van der Waals surface area (Å²) in [5.74, 6) is -0.664. The highest BCUT2D eigenvalue weighted by Gasteiger charge is 2.15. The van der Waals surface area contributed by atoms with Crippen molar-refractivity contribution >= 4 is 27.6 Å². The van der Waals surface area contributed by atoms with E-state index < -0.39 is 12.1 Å². The summed E-state index contributed by atoms with van der Waals surface area (Å²) in [5, 5.41) is 8.64. The Labute approximate surface area is 89.8 Å². The van der Waals surface area contributed by atoms with Gasteiger partial charge in [0.25, 0.3) is 0 Å². The molecule has 0 aliphatic carbocycles. The van der Waals surface area contributed by atoms with E-state index in [2.05, 4.69) is 15.9 Å². The molecule has 0 aromatic heterocycles. The summed E-state index contributed by atoms with van der Waals surface area (Å²) in [7, 11) is 0. The summed E-state index contributed by atoms with van der Waals surface area (Å²) >= 11 is 3.23. The van der Waals surface area contributed by atoms with E-state index in [0.29, 0.717) is 15.9 Å². The molecule has 0 saturated carbocycles. The van der Waals surface area contributed by atoms with Crippen LogP contribution in [0.2, 0.25) is 0 Å². The monoisotopic (exact) mass is 259 g/mol. The second-order valence-corrected chi connectivity index (χ2v) is 3.61. The van der Waals surface area contributed by atoms with Crippen LogP contribution >= 0.6 is 15.9 Å². The van der Waals surface area contributed by atoms with Gasteiger partial charge in [0, 0.05) is 0 Å². The Morgan fingerprint density at radius 2 is 2.29 bits per heavy atom. The highest BCUT2D eigenvalue weighted by atomic mass is 79.9. The average Bonchev–Trinajstić information content (AvgIpc) is 2.11. The molecule has 0 radical (unpaired) electrons. The fourth-order valence-corrected chi connectivity index (χ4v) is 1.35. The normalized spacial score (nSPS) is 12.1. The Hall–Kier alpha value is -1.23. The largest absolute Gasteiger partial charge is 0.479 e. The van der Waals surface area contributed by atoms with E-state index in [-0.39, 0.29) is 0 Å². The molecule has 0 amide bonds. The number of benzene rings is 1. The number of carboxylic acids is 1. The summed E-state index contributed by atoms with van der Waals surface area (Å²) in [4.78, 5) is 10.5. The number of aliphatic carboxylic acids is 1. The van der Waals surface area contributed by atoms with Crippen molar-refractivity contribution in [1.82, 2.24) is 0 Å². The molecule has 14 heavy (non-hydrogen) atoms. The van der Waals surface area contributed by atoms with Gasteiger partial charge in [0.05, 0.1) is 10.2 Å². The number of nitrogen functional groups attached to an aromatic ring is 1. The Morgan fingerprint density at radius 3 is 2.79 bits per heavy atom. The summed E-state index contributed by atoms with van der Waals surface area (Å²) in [6, 6.07) is 5.13. The lowest BCUT2D eigenvalue weighted by molar-refractivity contribution is -0.144. The van der Waals surface area contributed by atoms with Gasteiger partial charge in [0.15, 0.2) is 11.9 Å². The molecule has 1 unspecified atom stereocenters. The standard InChI is InChI=1S/C9H10BrNO3/c1-5(9(12)13)14-8-6(10)3-2-4-7(8)11/h2-5H,11H2,1H3,(H,12,13). The first kappa shape index (κ1) is 10.8. The van der Waals surface area contributed by atoms with Crippen LogP contribution in [0, 0.1) is 0 Å². The minimum Gasteiger partial charge on any atom is -0.479 e. The summed E-state index contributed by atoms with van der Waals surface area (Å²) < 4.78 is 5.81. The van der Waals surface area contributed by atoms with Crippen molar-refractivity contribution in [3.8, 4) is 5.75 Å². The van der Waals surface area contributed by atoms with Gasteiger partial charge in [-0.25, -0.2) is 4.79 Å². The van der Waals surface area contributed by atoms with Gasteiger partial charge in [0.1, 0.15) is 0 Å². The molecule has 1 aromatic carbocycles. The van der Waals surface area contributed by atoms with Crippen molar-refractivity contribution in [2.24, 2.45) is 0 Å². The van der Waals surface area contributed by atoms with Gasteiger partial charge in [-0.3, -0.25) is 0 Å². The molecule has 0 aliphatic rings. The van der Waals surface area contributed by atoms with Gasteiger partial charge in [0.2, 0.25) is 0 Å². The maximum Gasteiger partial charge on any atom is 0.344 e. The molecule has 5 heteroatoms. The van der Waals surface area contributed by atoms with Crippen molar-refractivity contribution in [1.29, 1.82) is 0 Å². The van der Waals surface area contributed by atoms with Gasteiger partial charge in [-0.2, -0.15) is 0 Å². The zero-order valence-corrected chi connectivity index (χ0v) is 9.11. The number of para-hydroxylation sites is 1. The highest BCUT2D eigenvalue weighted by Crippen LogP contribution is 2.31. The van der Waals surface area contributed by atoms with Crippen molar-refractivity contribution < 1.29 is 14.6 Å². The van der Waals surface area contributed by atoms with Crippen LogP contribution in [-0.2, 0) is 4.79 Å². The van der Waals surface area contributed by atoms with E-state index in [1.807, 2.05) is 0 Å². The smallest absolute Gasteiger partial charge is 0.344 e. The van der Waals surface area contributed by atoms with E-state index in [9.17, 15) is 4.79 Å². The molecule has 1 atom stereocenters. The van der Waals surface area contributed by atoms with Crippen LogP contribution < -0.4 is 10.5 Å². The molecule has 0 heterocycles. The third-order valence-electron chi connectivity index (χ3n) is 1.64. The first-order chi connectivity index (χ1) is 6.52. The first-order valence-electron chi connectivity index (χ1n) is 3.96. The molecule has 0 bridgehead atoms. The minimum absolute atomic E-state index is 0.363. The number of carbonyl (C=O) groups is 1. The third-order valence-corrected chi connectivity index (χ3v) is 2.26. The molecule has 4 nitrogen and oxygen atoms in total. The Morgan fingerprint density at radius 1 is 1.64 bits per heavy atom. The number of carboxylic acid groups (broad SMARTS) is 1. The lowest BCUT2D eigenvalue weighted by Gasteiger charge is -2.13. The number of nitrogens with two attached hydrogens (primary N) is 1. The van der Waals surface area contributed by atoms with Crippen LogP contribution in [0.4, 0.5) is 5.69 Å². The Balaban J connectivity index is 2.91. The fourth-order valence-electron chi connectivity index (χ4n) is 0.877. The van der Waals surface area contributed by atoms with Crippen LogP contribution in [0.25, 0.3) is 0 Å². The fraction of sp³-hybridized carbons (Fsp3) is 0.222. The zero-order chi connectivity index (χ0) is 10.7. The molecule has 3 N–H and O–H groups in total. The van der Waals surface area contributed by atoms with Gasteiger partial charge < -0.3 is 15.6 Å². The van der Waals surface area contributed by atoms with E-state index >= 15 is 0 Å². The van der Waals surface area contributed by atoms with Gasteiger partial charge in [-0.1, -0.05) is 6.07 Å². The molecular weight excluding hydrogens is 250 g/mol. The van der Waals surface area contributed by atoms with Gasteiger partial charge in [-0.15, -0.1) is 0 Å². The Kier molecular flexibility index (Phi) is 3.35. The topological polar surface area (TPSA) is 72.5 Å². The van der Waals surface area contributed by atoms with Crippen LogP contribution in [0.5, 0.6) is 5.75 Å². The highest BCUT2D eigenvalue weighted by molar-refractivity contribution is 9.10. The lowest BCUT2D eigenvalue weighted by Crippen LogP contribution is -2.23. The van der Waals surface area contributed by atoms with Crippen molar-refractivity contribution in [3.63, 3.8) is 0 Å². The molecule has 0 spiro atoms. The number of ether oxygens (including phenoxy) is 1. The second-order valence-electron chi connectivity index (χ2n) is 2.76. The van der Waals surface area contributed by atoms with Crippen molar-refractivity contribution in [2.45, 2.75) is 13.0 Å². The molecule has 0 aliphatic heterocycles. The quantitative estimate of drug-likeness (QED) is 0.814. The molecule has 0 fully saturated rings. The summed E-state index contributed by atoms with van der Waals surface area (Å²) in [6.07, 6.45) is -0.920. The van der Waals surface area contributed by atoms with Crippen LogP contribution in [0.1, 0.15) is 6.92 Å². The predicted octanol–water partition coefficient (Wildman–Crippen LogP) is 1.88. The van der Waals surface area contributed by atoms with E-state index in [0.717, 1.165) is 0 Å². The van der Waals surface area contributed by atoms with Gasteiger partial charge >= 0.3 is 5.97 Å². The average molecular weight is 260 g/mol. The third kappa shape index (κ3) is 2.38. The Bertz CT molecular complexity index is 334. The minimum atomic E-state index is -1.03. The zero-order valence-electron chi connectivity index (χ0n) is 7.53. The molecule has 1 rings (SSSR count). The second kappa shape index (κ2) is 4.32. The molecule has 0 saturated heterocycles. The van der Waals surface area contributed by atoms with E-state index in [1.165, 1.54) is 6.92 Å². The van der Waals surface area contributed by atoms with Crippen molar-refractivity contribution in [3.05, 3.63) is 22.7 Å². The SMILES string of the molecule is CC(Oc1c(N)cccc1Br)C(=O)O. The maximum absolute atomic E-state index is 10.5. The van der Waals surface area contributed by atoms with Crippen LogP contribution in [0.3, 0.4) is 0 Å². The van der Waals surface area contributed by atoms with E-state index in [1.54, 1.807) is 18.2 Å². The number of rotatable bonds is 3. The molecule has 1 aromatic rings. The lowest BCUT2D eigenvalue weighted by atomic mass is 10.3. The predicted molar refractivity (Wildman–Crippen MR) is 56.3 cm³/mol. The van der Waals surface area contributed by atoms with Gasteiger partial charge in [-0.05, 0) is 35.0 Å². The number of anilines is 1. The maximum atomic E-state index is 10.5. The molecule has 76 valence electrons. The van der Waals surface area contributed by atoms with Crippen LogP contribution in [0.15, 0.2) is 22.7 Å². The van der Waals surface area contributed by atoms with Crippen LogP contribution in [-0.4, -0.2) is 17.2 Å². The van der Waals surface area contributed by atoms with E-state index in [4.69, 9.17) is 15.6 Å².